The fourth-order valence-electron chi connectivity index (χ4n) is 1.81. The second-order valence-electron chi connectivity index (χ2n) is 3.45. The minimum Gasteiger partial charge on any atom is -1.00 e. The van der Waals surface area contributed by atoms with Crippen molar-refractivity contribution in [2.45, 2.75) is 25.9 Å². The second-order valence-corrected chi connectivity index (χ2v) is 3.81. The van der Waals surface area contributed by atoms with Crippen LogP contribution in [0.5, 0.6) is 0 Å². The molecular weight excluding hydrogens is 221 g/mol. The van der Waals surface area contributed by atoms with E-state index in [1.54, 1.807) is 0 Å². The highest BCUT2D eigenvalue weighted by Gasteiger charge is 2.46. The average Bonchev–Trinajstić information content (AvgIpc) is 2.33. The van der Waals surface area contributed by atoms with Gasteiger partial charge in [0, 0.05) is 5.11 Å². The number of likely N-dealkylation sites (tertiary alicyclic amines) is 1. The van der Waals surface area contributed by atoms with Crippen LogP contribution in [0.2, 0.25) is 0 Å². The van der Waals surface area contributed by atoms with Crippen molar-refractivity contribution in [3.63, 3.8) is 0 Å². The Labute approximate surface area is 94.9 Å². The molecule has 1 fully saturated rings. The predicted octanol–water partition coefficient (Wildman–Crippen LogP) is -0.684. The number of likely N-dealkylation sites (N-methyl/N-ethyl adjacent to an activating group) is 1. The van der Waals surface area contributed by atoms with Crippen molar-refractivity contribution < 1.29 is 12.4 Å². The molecule has 2 unspecified atom stereocenters. The van der Waals surface area contributed by atoms with E-state index in [4.69, 9.17) is 11.6 Å². The topological polar surface area (TPSA) is 28.0 Å². The Morgan fingerprint density at radius 1 is 1.36 bits per heavy atom. The van der Waals surface area contributed by atoms with Crippen LogP contribution in [0.3, 0.4) is 0 Å². The predicted molar refractivity (Wildman–Crippen MR) is 51.2 cm³/mol. The lowest BCUT2D eigenvalue weighted by Crippen LogP contribution is -3.00. The van der Waals surface area contributed by atoms with Gasteiger partial charge in [-0.25, -0.2) is 0 Å². The maximum Gasteiger partial charge on any atom is 0.246 e. The molecule has 2 atom stereocenters. The first-order valence-electron chi connectivity index (χ1n) is 4.28. The average molecular weight is 232 g/mol. The van der Waals surface area contributed by atoms with Crippen molar-refractivity contribution in [2.75, 3.05) is 7.05 Å². The number of nitrogens with zero attached hydrogens (tertiary/aromatic N) is 3. The number of halogens is 2. The van der Waals surface area contributed by atoms with Gasteiger partial charge in [0.15, 0.2) is 5.57 Å². The Hall–Kier alpha value is -0.470. The van der Waals surface area contributed by atoms with E-state index in [9.17, 15) is 0 Å². The summed E-state index contributed by atoms with van der Waals surface area (Å²) in [6, 6.07) is 0.641. The molecule has 0 bridgehead atoms. The molecule has 0 radical (unpaired) electrons. The minimum atomic E-state index is 0. The molecule has 3 nitrogen and oxygen atoms in total. The summed E-state index contributed by atoms with van der Waals surface area (Å²) >= 11 is 5.97. The molecule has 14 heavy (non-hydrogen) atoms. The quantitative estimate of drug-likeness (QED) is 0.401. The summed E-state index contributed by atoms with van der Waals surface area (Å²) < 4.78 is 0. The third-order valence-corrected chi connectivity index (χ3v) is 3.16. The highest BCUT2D eigenvalue weighted by Crippen LogP contribution is 2.38. The van der Waals surface area contributed by atoms with Crippen LogP contribution in [0.4, 0.5) is 0 Å². The lowest BCUT2D eigenvalue weighted by atomic mass is 10.0. The maximum atomic E-state index is 5.97. The fourth-order valence-corrected chi connectivity index (χ4v) is 2.10. The highest BCUT2D eigenvalue weighted by atomic mass is 35.5. The summed E-state index contributed by atoms with van der Waals surface area (Å²) in [7, 11) is 2.07. The van der Waals surface area contributed by atoms with Gasteiger partial charge < -0.3 is 12.4 Å². The van der Waals surface area contributed by atoms with Crippen molar-refractivity contribution in [3.05, 3.63) is 22.5 Å². The first-order valence-corrected chi connectivity index (χ1v) is 4.66. The molecule has 76 valence electrons. The van der Waals surface area contributed by atoms with E-state index in [1.165, 1.54) is 0 Å². The molecule has 2 rings (SSSR count). The molecule has 1 saturated heterocycles. The van der Waals surface area contributed by atoms with Gasteiger partial charge in [0.05, 0.1) is 6.04 Å². The molecule has 2 aliphatic heterocycles. The normalized spacial score (nSPS) is 30.7. The number of azo groups is 1. The molecule has 2 heterocycles. The van der Waals surface area contributed by atoms with E-state index in [2.05, 4.69) is 42.2 Å². The van der Waals surface area contributed by atoms with Crippen LogP contribution in [-0.2, 0) is 0 Å². The lowest BCUT2D eigenvalue weighted by molar-refractivity contribution is -0.00000283. The first kappa shape index (κ1) is 11.6. The molecule has 0 N–H and O–H groups in total. The van der Waals surface area contributed by atoms with Gasteiger partial charge in [0.2, 0.25) is 16.9 Å². The zero-order valence-corrected chi connectivity index (χ0v) is 9.76. The molecule has 2 aliphatic rings. The molecule has 0 aromatic carbocycles. The van der Waals surface area contributed by atoms with E-state index in [1.807, 2.05) is 0 Å². The number of hydrogen-bond donors (Lipinski definition) is 0. The smallest absolute Gasteiger partial charge is 0.246 e. The number of rotatable bonds is 0. The van der Waals surface area contributed by atoms with Crippen molar-refractivity contribution in [2.24, 2.45) is 10.2 Å². The van der Waals surface area contributed by atoms with Gasteiger partial charge in [0.25, 0.3) is 0 Å². The van der Waals surface area contributed by atoms with Crippen LogP contribution in [0, 0.1) is 6.20 Å². The second kappa shape index (κ2) is 3.95. The Balaban J connectivity index is 0.000000980. The third-order valence-electron chi connectivity index (χ3n) is 2.88. The van der Waals surface area contributed by atoms with E-state index >= 15 is 0 Å². The summed E-state index contributed by atoms with van der Waals surface area (Å²) in [5, 5.41) is 8.06. The number of hydrogen-bond acceptors (Lipinski definition) is 3. The molecule has 0 saturated carbocycles. The molecule has 0 aromatic heterocycles. The van der Waals surface area contributed by atoms with E-state index in [0.717, 1.165) is 11.1 Å². The molecule has 0 aromatic rings. The Kier molecular flexibility index (Phi) is 3.28. The molecule has 5 heteroatoms. The van der Waals surface area contributed by atoms with Crippen molar-refractivity contribution in [1.82, 2.24) is 4.90 Å². The van der Waals surface area contributed by atoms with Crippen molar-refractivity contribution in [3.8, 4) is 0 Å². The van der Waals surface area contributed by atoms with Gasteiger partial charge >= 0.3 is 0 Å². The summed E-state index contributed by atoms with van der Waals surface area (Å²) in [4.78, 5) is 2.23. The van der Waals surface area contributed by atoms with Crippen LogP contribution in [0.15, 0.2) is 26.5 Å². The zero-order chi connectivity index (χ0) is 9.59. The van der Waals surface area contributed by atoms with Gasteiger partial charge in [-0.15, -0.1) is 0 Å². The van der Waals surface area contributed by atoms with E-state index in [0.29, 0.717) is 17.2 Å². The number of fused-ring (bicyclic) bond motifs is 1. The van der Waals surface area contributed by atoms with Crippen LogP contribution in [-0.4, -0.2) is 24.0 Å². The molecule has 0 amide bonds. The molecular formula is C9H11Cl2N3. The highest BCUT2D eigenvalue weighted by molar-refractivity contribution is 6.30. The fraction of sp³-hybridized carbons (Fsp3) is 0.556. The summed E-state index contributed by atoms with van der Waals surface area (Å²) in [5.41, 5.74) is 2.15. The zero-order valence-electron chi connectivity index (χ0n) is 8.25. The van der Waals surface area contributed by atoms with Crippen LogP contribution < -0.4 is 12.4 Å². The third kappa shape index (κ3) is 1.47. The Morgan fingerprint density at radius 2 is 2.00 bits per heavy atom. The van der Waals surface area contributed by atoms with Crippen LogP contribution >= 0.6 is 11.6 Å². The van der Waals surface area contributed by atoms with Crippen LogP contribution in [0.1, 0.15) is 13.8 Å². The summed E-state index contributed by atoms with van der Waals surface area (Å²) in [6.07, 6.45) is 2.91. The van der Waals surface area contributed by atoms with Gasteiger partial charge in [-0.1, -0.05) is 5.11 Å². The van der Waals surface area contributed by atoms with Gasteiger partial charge in [0.1, 0.15) is 6.04 Å². The van der Waals surface area contributed by atoms with Crippen molar-refractivity contribution in [1.29, 1.82) is 0 Å². The summed E-state index contributed by atoms with van der Waals surface area (Å²) in [5.74, 6) is 0. The Morgan fingerprint density at radius 3 is 2.57 bits per heavy atom. The lowest BCUT2D eigenvalue weighted by Gasteiger charge is -2.14. The monoisotopic (exact) mass is 231 g/mol. The van der Waals surface area contributed by atoms with Crippen molar-refractivity contribution >= 4 is 11.6 Å². The van der Waals surface area contributed by atoms with Gasteiger partial charge in [-0.2, -0.15) is 0 Å². The Bertz CT molecular complexity index is 333. The van der Waals surface area contributed by atoms with Gasteiger partial charge in [-0.05, 0) is 32.5 Å². The SMILES string of the molecule is CC1C2=[C+]N=NC(Cl)=C2C(C)N1C.[Cl-]. The minimum absolute atomic E-state index is 0. The standard InChI is InChI=1S/C9H11ClN3.ClH/c1-5-7-4-11-12-9(10)8(7)6(2)13(5)3;/h5-6H,1-3H3;1H/q+1;/p-1. The molecule has 0 aliphatic carbocycles. The first-order chi connectivity index (χ1) is 6.13. The largest absolute Gasteiger partial charge is 1.00 e. The summed E-state index contributed by atoms with van der Waals surface area (Å²) in [6.45, 7) is 4.24. The maximum absolute atomic E-state index is 5.97. The van der Waals surface area contributed by atoms with Crippen LogP contribution in [0.25, 0.3) is 0 Å². The molecule has 0 spiro atoms. The van der Waals surface area contributed by atoms with E-state index < -0.39 is 0 Å². The van der Waals surface area contributed by atoms with E-state index in [-0.39, 0.29) is 12.4 Å². The van der Waals surface area contributed by atoms with Gasteiger partial charge in [-0.3, -0.25) is 4.90 Å².